The minimum atomic E-state index is -4.47. The first-order valence-corrected chi connectivity index (χ1v) is 5.52. The number of hydrogen-bond acceptors (Lipinski definition) is 3. The standard InChI is InChI=1S/C11H12F3N3O2/c1-7-6-16(10(18)17(7)19-2)9-5-8(3-4-15-9)11(12,13)14/h3-5,7H,6H2,1-2H3. The number of amides is 2. The normalized spacial score (nSPS) is 20.3. The van der Waals surface area contributed by atoms with Gasteiger partial charge in [0.1, 0.15) is 5.82 Å². The van der Waals surface area contributed by atoms with Crippen molar-refractivity contribution in [3.05, 3.63) is 23.9 Å². The molecule has 1 aromatic rings. The highest BCUT2D eigenvalue weighted by molar-refractivity contribution is 5.92. The zero-order valence-corrected chi connectivity index (χ0v) is 10.3. The van der Waals surface area contributed by atoms with Crippen molar-refractivity contribution in [1.82, 2.24) is 10.0 Å². The van der Waals surface area contributed by atoms with E-state index in [0.717, 1.165) is 28.3 Å². The van der Waals surface area contributed by atoms with Crippen LogP contribution < -0.4 is 4.90 Å². The van der Waals surface area contributed by atoms with E-state index >= 15 is 0 Å². The van der Waals surface area contributed by atoms with Crippen LogP contribution in [0.15, 0.2) is 18.3 Å². The Labute approximate surface area is 107 Å². The summed E-state index contributed by atoms with van der Waals surface area (Å²) in [6.45, 7) is 1.95. The van der Waals surface area contributed by atoms with Gasteiger partial charge >= 0.3 is 12.2 Å². The van der Waals surface area contributed by atoms with Gasteiger partial charge in [-0.3, -0.25) is 9.74 Å². The second-order valence-corrected chi connectivity index (χ2v) is 4.15. The largest absolute Gasteiger partial charge is 0.416 e. The van der Waals surface area contributed by atoms with Crippen molar-refractivity contribution in [2.45, 2.75) is 19.1 Å². The monoisotopic (exact) mass is 275 g/mol. The molecule has 2 rings (SSSR count). The Morgan fingerprint density at radius 2 is 2.16 bits per heavy atom. The number of anilines is 1. The minimum absolute atomic E-state index is 0.0359. The van der Waals surface area contributed by atoms with Crippen LogP contribution in [0.4, 0.5) is 23.8 Å². The first-order chi connectivity index (χ1) is 8.84. The summed E-state index contributed by atoms with van der Waals surface area (Å²) in [6, 6.07) is 0.932. The van der Waals surface area contributed by atoms with Crippen LogP contribution in [0.5, 0.6) is 0 Å². The minimum Gasteiger partial charge on any atom is -0.274 e. The topological polar surface area (TPSA) is 45.7 Å². The first-order valence-electron chi connectivity index (χ1n) is 5.52. The molecular formula is C11H12F3N3O2. The van der Waals surface area contributed by atoms with Crippen LogP contribution in [0.25, 0.3) is 0 Å². The highest BCUT2D eigenvalue weighted by Crippen LogP contribution is 2.31. The van der Waals surface area contributed by atoms with Gasteiger partial charge in [0.25, 0.3) is 0 Å². The fraction of sp³-hybridized carbons (Fsp3) is 0.455. The Morgan fingerprint density at radius 1 is 1.47 bits per heavy atom. The highest BCUT2D eigenvalue weighted by atomic mass is 19.4. The van der Waals surface area contributed by atoms with E-state index in [1.807, 2.05) is 0 Å². The smallest absolute Gasteiger partial charge is 0.274 e. The molecule has 1 aliphatic rings. The van der Waals surface area contributed by atoms with E-state index in [9.17, 15) is 18.0 Å². The Bertz CT molecular complexity index is 492. The van der Waals surface area contributed by atoms with Crippen LogP contribution in [0.3, 0.4) is 0 Å². The Morgan fingerprint density at radius 3 is 2.68 bits per heavy atom. The molecule has 19 heavy (non-hydrogen) atoms. The van der Waals surface area contributed by atoms with E-state index in [1.54, 1.807) is 6.92 Å². The van der Waals surface area contributed by atoms with Gasteiger partial charge in [0.05, 0.1) is 25.3 Å². The number of carbonyl (C=O) groups is 1. The summed E-state index contributed by atoms with van der Waals surface area (Å²) in [5.74, 6) is -0.0359. The van der Waals surface area contributed by atoms with Crippen LogP contribution in [0.1, 0.15) is 12.5 Å². The molecule has 1 unspecified atom stereocenters. The van der Waals surface area contributed by atoms with Crippen molar-refractivity contribution in [1.29, 1.82) is 0 Å². The van der Waals surface area contributed by atoms with Crippen molar-refractivity contribution in [2.75, 3.05) is 18.6 Å². The van der Waals surface area contributed by atoms with Crippen LogP contribution in [0.2, 0.25) is 0 Å². The molecular weight excluding hydrogens is 263 g/mol. The predicted molar refractivity (Wildman–Crippen MR) is 60.3 cm³/mol. The van der Waals surface area contributed by atoms with Crippen molar-refractivity contribution in [2.24, 2.45) is 0 Å². The number of hydroxylamine groups is 2. The van der Waals surface area contributed by atoms with Crippen molar-refractivity contribution in [3.63, 3.8) is 0 Å². The van der Waals surface area contributed by atoms with E-state index in [4.69, 9.17) is 4.84 Å². The highest BCUT2D eigenvalue weighted by Gasteiger charge is 2.38. The number of halogens is 3. The van der Waals surface area contributed by atoms with E-state index in [0.29, 0.717) is 0 Å². The van der Waals surface area contributed by atoms with Gasteiger partial charge in [0.15, 0.2) is 0 Å². The third kappa shape index (κ3) is 2.48. The van der Waals surface area contributed by atoms with E-state index in [1.165, 1.54) is 7.11 Å². The van der Waals surface area contributed by atoms with Gasteiger partial charge in [0, 0.05) is 6.20 Å². The third-order valence-corrected chi connectivity index (χ3v) is 2.81. The van der Waals surface area contributed by atoms with Gasteiger partial charge in [-0.15, -0.1) is 0 Å². The molecule has 0 aromatic carbocycles. The van der Waals surface area contributed by atoms with E-state index in [-0.39, 0.29) is 18.4 Å². The summed E-state index contributed by atoms with van der Waals surface area (Å²) in [5.41, 5.74) is -0.839. The summed E-state index contributed by atoms with van der Waals surface area (Å²) in [5, 5.41) is 1.10. The summed E-state index contributed by atoms with van der Waals surface area (Å²) in [6.07, 6.45) is -3.43. The lowest BCUT2D eigenvalue weighted by molar-refractivity contribution is -0.137. The number of carbonyl (C=O) groups excluding carboxylic acids is 1. The molecule has 5 nitrogen and oxygen atoms in total. The average Bonchev–Trinajstić information content (AvgIpc) is 2.63. The van der Waals surface area contributed by atoms with Gasteiger partial charge in [-0.25, -0.2) is 9.78 Å². The van der Waals surface area contributed by atoms with Crippen molar-refractivity contribution >= 4 is 11.8 Å². The number of pyridine rings is 1. The maximum absolute atomic E-state index is 12.6. The molecule has 0 aliphatic carbocycles. The number of nitrogens with zero attached hydrogens (tertiary/aromatic N) is 3. The summed E-state index contributed by atoms with van der Waals surface area (Å²) in [7, 11) is 1.33. The summed E-state index contributed by atoms with van der Waals surface area (Å²) < 4.78 is 37.8. The molecule has 8 heteroatoms. The molecule has 2 amide bonds. The van der Waals surface area contributed by atoms with Gasteiger partial charge in [0.2, 0.25) is 0 Å². The predicted octanol–water partition coefficient (Wildman–Crippen LogP) is 2.29. The maximum atomic E-state index is 12.6. The Kier molecular flexibility index (Phi) is 3.36. The lowest BCUT2D eigenvalue weighted by Crippen LogP contribution is -2.33. The molecule has 1 saturated heterocycles. The molecule has 0 spiro atoms. The van der Waals surface area contributed by atoms with Crippen LogP contribution in [-0.4, -0.2) is 35.8 Å². The molecule has 0 radical (unpaired) electrons. The van der Waals surface area contributed by atoms with Crippen molar-refractivity contribution < 1.29 is 22.8 Å². The SMILES string of the molecule is CON1C(=O)N(c2cc(C(F)(F)F)ccn2)CC1C. The first kappa shape index (κ1) is 13.6. The molecule has 1 aromatic heterocycles. The quantitative estimate of drug-likeness (QED) is 0.832. The van der Waals surface area contributed by atoms with Gasteiger partial charge in [-0.05, 0) is 19.1 Å². The lowest BCUT2D eigenvalue weighted by Gasteiger charge is -2.17. The van der Waals surface area contributed by atoms with Crippen molar-refractivity contribution in [3.8, 4) is 0 Å². The molecule has 0 N–H and O–H groups in total. The molecule has 1 aliphatic heterocycles. The molecule has 1 fully saturated rings. The molecule has 1 atom stereocenters. The van der Waals surface area contributed by atoms with Gasteiger partial charge in [-0.2, -0.15) is 18.2 Å². The number of rotatable bonds is 2. The maximum Gasteiger partial charge on any atom is 0.416 e. The second kappa shape index (κ2) is 4.69. The van der Waals surface area contributed by atoms with Gasteiger partial charge < -0.3 is 0 Å². The Balaban J connectivity index is 2.31. The van der Waals surface area contributed by atoms with Crippen LogP contribution in [-0.2, 0) is 11.0 Å². The van der Waals surface area contributed by atoms with E-state index < -0.39 is 17.8 Å². The summed E-state index contributed by atoms with van der Waals surface area (Å²) >= 11 is 0. The zero-order chi connectivity index (χ0) is 14.2. The number of hydrogen-bond donors (Lipinski definition) is 0. The number of alkyl halides is 3. The number of urea groups is 1. The fourth-order valence-corrected chi connectivity index (χ4v) is 1.92. The Hall–Kier alpha value is -1.83. The van der Waals surface area contributed by atoms with Crippen LogP contribution >= 0.6 is 0 Å². The fourth-order valence-electron chi connectivity index (χ4n) is 1.92. The zero-order valence-electron chi connectivity index (χ0n) is 10.3. The molecule has 2 heterocycles. The number of aromatic nitrogens is 1. The lowest BCUT2D eigenvalue weighted by atomic mass is 10.2. The van der Waals surface area contributed by atoms with Gasteiger partial charge in [-0.1, -0.05) is 0 Å². The molecule has 104 valence electrons. The second-order valence-electron chi connectivity index (χ2n) is 4.15. The molecule has 0 saturated carbocycles. The van der Waals surface area contributed by atoms with Crippen LogP contribution in [0, 0.1) is 0 Å². The third-order valence-electron chi connectivity index (χ3n) is 2.81. The average molecular weight is 275 g/mol. The molecule has 0 bridgehead atoms. The van der Waals surface area contributed by atoms with E-state index in [2.05, 4.69) is 4.98 Å². The summed E-state index contributed by atoms with van der Waals surface area (Å²) in [4.78, 5) is 21.8.